The predicted molar refractivity (Wildman–Crippen MR) is 90.0 cm³/mol. The van der Waals surface area contributed by atoms with Crippen molar-refractivity contribution < 1.29 is 39.3 Å². The van der Waals surface area contributed by atoms with Crippen LogP contribution in [0.4, 0.5) is 5.69 Å². The highest BCUT2D eigenvalue weighted by Crippen LogP contribution is 2.33. The minimum atomic E-state index is -1.08. The fraction of sp³-hybridized carbons (Fsp3) is 0.588. The first-order valence-corrected chi connectivity index (χ1v) is 8.59. The first kappa shape index (κ1) is 20.0. The Hall–Kier alpha value is -1.79. The van der Waals surface area contributed by atoms with Gasteiger partial charge < -0.3 is 34.6 Å². The summed E-state index contributed by atoms with van der Waals surface area (Å²) in [5, 5.41) is 32.3. The normalized spacial score (nSPS) is 33.6. The van der Waals surface area contributed by atoms with E-state index in [2.05, 4.69) is 5.32 Å². The highest BCUT2D eigenvalue weighted by atomic mass is 16.8. The largest absolute Gasteiger partial charge is 0.595 e. The Kier molecular flexibility index (Phi) is 5.68. The van der Waals surface area contributed by atoms with Gasteiger partial charge >= 0.3 is 0 Å². The molecule has 0 bridgehead atoms. The molecule has 1 aromatic rings. The number of fused-ring (bicyclic) bond motifs is 1. The van der Waals surface area contributed by atoms with E-state index in [0.29, 0.717) is 5.75 Å². The molecule has 0 radical (unpaired) electrons. The monoisotopic (exact) mass is 384 g/mol. The third-order valence-corrected chi connectivity index (χ3v) is 4.41. The first-order chi connectivity index (χ1) is 12.7. The fourth-order valence-electron chi connectivity index (χ4n) is 3.14. The average molecular weight is 384 g/mol. The molecule has 0 aromatic heterocycles. The zero-order valence-corrected chi connectivity index (χ0v) is 15.2. The quantitative estimate of drug-likeness (QED) is 0.496. The van der Waals surface area contributed by atoms with Gasteiger partial charge in [0.2, 0.25) is 12.2 Å². The number of amides is 1. The van der Waals surface area contributed by atoms with Crippen molar-refractivity contribution in [2.24, 2.45) is 0 Å². The summed E-state index contributed by atoms with van der Waals surface area (Å²) in [5.41, 5.74) is 0.113. The van der Waals surface area contributed by atoms with Gasteiger partial charge in [-0.2, -0.15) is 5.23 Å². The number of carbonyl (C=O) groups is 1. The third-order valence-electron chi connectivity index (χ3n) is 4.41. The summed E-state index contributed by atoms with van der Waals surface area (Å²) in [6.07, 6.45) is -3.37. The van der Waals surface area contributed by atoms with E-state index in [0.717, 1.165) is 0 Å². The molecule has 10 nitrogen and oxygen atoms in total. The molecule has 1 unspecified atom stereocenters. The molecule has 2 aliphatic rings. The number of ether oxygens (including phenoxy) is 4. The highest BCUT2D eigenvalue weighted by molar-refractivity contribution is 5.73. The maximum Gasteiger partial charge on any atom is 0.223 e. The molecule has 2 fully saturated rings. The van der Waals surface area contributed by atoms with Crippen LogP contribution in [0.25, 0.3) is 0 Å². The van der Waals surface area contributed by atoms with Gasteiger partial charge in [0.15, 0.2) is 11.5 Å². The molecule has 150 valence electrons. The van der Waals surface area contributed by atoms with Gasteiger partial charge in [0, 0.05) is 19.1 Å². The fourth-order valence-corrected chi connectivity index (χ4v) is 3.14. The van der Waals surface area contributed by atoms with E-state index in [9.17, 15) is 15.1 Å². The summed E-state index contributed by atoms with van der Waals surface area (Å²) < 4.78 is 23.0. The number of hydrogen-bond acceptors (Lipinski definition) is 8. The second-order valence-electron chi connectivity index (χ2n) is 7.00. The second kappa shape index (κ2) is 7.68. The van der Waals surface area contributed by atoms with Crippen LogP contribution in [0.1, 0.15) is 20.8 Å². The van der Waals surface area contributed by atoms with Crippen LogP contribution in [-0.2, 0) is 19.0 Å². The molecule has 1 aromatic carbocycles. The lowest BCUT2D eigenvalue weighted by Crippen LogP contribution is -2.99. The van der Waals surface area contributed by atoms with E-state index >= 15 is 0 Å². The predicted octanol–water partition coefficient (Wildman–Crippen LogP) is -0.789. The number of rotatable bonds is 4. The lowest BCUT2D eigenvalue weighted by Gasteiger charge is -2.49. The average Bonchev–Trinajstić information content (AvgIpc) is 2.59. The van der Waals surface area contributed by atoms with E-state index < -0.39 is 41.7 Å². The van der Waals surface area contributed by atoms with Crippen LogP contribution in [0.5, 0.6) is 5.75 Å². The maximum absolute atomic E-state index is 11.6. The molecular weight excluding hydrogens is 360 g/mol. The first-order valence-electron chi connectivity index (χ1n) is 8.59. The van der Waals surface area contributed by atoms with E-state index in [1.165, 1.54) is 31.2 Å². The molecule has 3 rings (SSSR count). The van der Waals surface area contributed by atoms with Crippen LogP contribution in [0, 0.1) is 5.21 Å². The SMILES string of the molecule is CC(=O)N[C@H]1[C@H](Oc2ccc([NH+]([O-])O)cc2)O[C@@H]2COC(C)(C)O[C@H]2[C@@H]1O. The van der Waals surface area contributed by atoms with Crippen molar-refractivity contribution in [1.29, 1.82) is 0 Å². The van der Waals surface area contributed by atoms with Gasteiger partial charge in [-0.1, -0.05) is 0 Å². The standard InChI is InChI=1S/C17H24N2O8/c1-9(20)18-13-14(21)15-12(8-24-17(2,3)27-15)26-16(13)25-11-6-4-10(5-7-11)19(22)23/h4-7,12-16,19,21-22H,8H2,1-3H3,(H,18,20)/t12-,13-,14-,15-,16-/m1/s1. The van der Waals surface area contributed by atoms with E-state index in [1.807, 2.05) is 0 Å². The number of benzene rings is 1. The van der Waals surface area contributed by atoms with E-state index in [1.54, 1.807) is 13.8 Å². The molecule has 10 heteroatoms. The van der Waals surface area contributed by atoms with Crippen LogP contribution in [0.3, 0.4) is 0 Å². The van der Waals surface area contributed by atoms with Crippen molar-refractivity contribution in [3.63, 3.8) is 0 Å². The molecule has 0 saturated carbocycles. The second-order valence-corrected chi connectivity index (χ2v) is 7.00. The number of aliphatic hydroxyl groups excluding tert-OH is 1. The topological polar surface area (TPSA) is 134 Å². The zero-order chi connectivity index (χ0) is 19.8. The molecule has 0 aliphatic carbocycles. The highest BCUT2D eigenvalue weighted by Gasteiger charge is 2.52. The Labute approximate surface area is 156 Å². The zero-order valence-electron chi connectivity index (χ0n) is 15.2. The summed E-state index contributed by atoms with van der Waals surface area (Å²) in [5.74, 6) is -0.904. The molecule has 4 N–H and O–H groups in total. The van der Waals surface area contributed by atoms with Gasteiger partial charge in [-0.05, 0) is 26.0 Å². The molecule has 2 aliphatic heterocycles. The smallest absolute Gasteiger partial charge is 0.223 e. The molecule has 6 atom stereocenters. The number of carbonyl (C=O) groups excluding carboxylic acids is 1. The molecule has 27 heavy (non-hydrogen) atoms. The van der Waals surface area contributed by atoms with Crippen molar-refractivity contribution in [2.75, 3.05) is 6.61 Å². The summed E-state index contributed by atoms with van der Waals surface area (Å²) in [7, 11) is 0. The van der Waals surface area contributed by atoms with Crippen LogP contribution < -0.4 is 15.3 Å². The molecule has 2 heterocycles. The van der Waals surface area contributed by atoms with Crippen LogP contribution in [0.2, 0.25) is 0 Å². The van der Waals surface area contributed by atoms with Crippen LogP contribution >= 0.6 is 0 Å². The lowest BCUT2D eigenvalue weighted by molar-refractivity contribution is -0.991. The van der Waals surface area contributed by atoms with Crippen molar-refractivity contribution >= 4 is 11.6 Å². The minimum absolute atomic E-state index is 0.113. The van der Waals surface area contributed by atoms with Crippen LogP contribution in [0.15, 0.2) is 24.3 Å². The Bertz CT molecular complexity index is 665. The number of aliphatic hydroxyl groups is 1. The van der Waals surface area contributed by atoms with Crippen molar-refractivity contribution in [1.82, 2.24) is 5.32 Å². The summed E-state index contributed by atoms with van der Waals surface area (Å²) in [4.78, 5) is 11.6. The number of quaternary nitrogens is 1. The molecular formula is C17H24N2O8. The van der Waals surface area contributed by atoms with E-state index in [-0.39, 0.29) is 18.2 Å². The van der Waals surface area contributed by atoms with Gasteiger partial charge in [0.25, 0.3) is 0 Å². The Morgan fingerprint density at radius 3 is 2.63 bits per heavy atom. The van der Waals surface area contributed by atoms with Crippen molar-refractivity contribution in [3.05, 3.63) is 29.5 Å². The van der Waals surface area contributed by atoms with Gasteiger partial charge in [0.05, 0.1) is 6.61 Å². The third kappa shape index (κ3) is 4.55. The summed E-state index contributed by atoms with van der Waals surface area (Å²) in [6, 6.07) is 4.86. The van der Waals surface area contributed by atoms with Crippen molar-refractivity contribution in [2.45, 2.75) is 57.2 Å². The maximum atomic E-state index is 11.6. The van der Waals surface area contributed by atoms with Crippen LogP contribution in [-0.4, -0.2) is 59.3 Å². The van der Waals surface area contributed by atoms with Gasteiger partial charge in [-0.15, -0.1) is 0 Å². The van der Waals surface area contributed by atoms with Crippen molar-refractivity contribution in [3.8, 4) is 5.75 Å². The Morgan fingerprint density at radius 2 is 2.04 bits per heavy atom. The summed E-state index contributed by atoms with van der Waals surface area (Å²) >= 11 is 0. The Balaban J connectivity index is 1.78. The van der Waals surface area contributed by atoms with Gasteiger partial charge in [-0.3, -0.25) is 4.79 Å². The van der Waals surface area contributed by atoms with Gasteiger partial charge in [-0.25, -0.2) is 5.21 Å². The Morgan fingerprint density at radius 1 is 1.37 bits per heavy atom. The summed E-state index contributed by atoms with van der Waals surface area (Å²) in [6.45, 7) is 4.98. The minimum Gasteiger partial charge on any atom is -0.595 e. The molecule has 2 saturated heterocycles. The number of nitrogens with one attached hydrogen (secondary N) is 2. The number of hydrogen-bond donors (Lipinski definition) is 4. The molecule has 0 spiro atoms. The molecule has 1 amide bonds. The lowest BCUT2D eigenvalue weighted by atomic mass is 9.95. The van der Waals surface area contributed by atoms with E-state index in [4.69, 9.17) is 24.2 Å². The van der Waals surface area contributed by atoms with Gasteiger partial charge in [0.1, 0.15) is 30.1 Å².